The van der Waals surface area contributed by atoms with Gasteiger partial charge in [0.15, 0.2) is 6.29 Å². The third-order valence-electron chi connectivity index (χ3n) is 2.42. The molecule has 1 aliphatic heterocycles. The molecule has 1 heterocycles. The molecule has 2 nitrogen and oxygen atoms in total. The molecule has 3 heteroatoms. The fourth-order valence-electron chi connectivity index (χ4n) is 1.60. The summed E-state index contributed by atoms with van der Waals surface area (Å²) in [5.41, 5.74) is 2.30. The number of alkyl halides is 1. The number of rotatable bonds is 4. The highest BCUT2D eigenvalue weighted by atomic mass is 79.9. The Morgan fingerprint density at radius 1 is 1.19 bits per heavy atom. The van der Waals surface area contributed by atoms with Gasteiger partial charge in [0.25, 0.3) is 0 Å². The molecule has 1 aromatic carbocycles. The van der Waals surface area contributed by atoms with Crippen LogP contribution >= 0.6 is 15.9 Å². The first-order valence-electron chi connectivity index (χ1n) is 5.46. The van der Waals surface area contributed by atoms with Gasteiger partial charge in [-0.3, -0.25) is 0 Å². The number of allylic oxidation sites excluding steroid dienone is 1. The van der Waals surface area contributed by atoms with E-state index in [-0.39, 0.29) is 6.29 Å². The molecule has 0 N–H and O–H groups in total. The zero-order valence-electron chi connectivity index (χ0n) is 9.06. The first-order chi connectivity index (χ1) is 7.90. The smallest absolute Gasteiger partial charge is 0.184 e. The van der Waals surface area contributed by atoms with Crippen molar-refractivity contribution in [2.24, 2.45) is 0 Å². The van der Waals surface area contributed by atoms with Gasteiger partial charge in [0.2, 0.25) is 0 Å². The molecule has 0 aromatic heterocycles. The van der Waals surface area contributed by atoms with Crippen LogP contribution in [0.4, 0.5) is 0 Å². The molecule has 1 aromatic rings. The van der Waals surface area contributed by atoms with Crippen molar-refractivity contribution in [2.75, 3.05) is 18.5 Å². The van der Waals surface area contributed by atoms with Crippen molar-refractivity contribution < 1.29 is 9.47 Å². The van der Waals surface area contributed by atoms with E-state index in [9.17, 15) is 0 Å². The number of halogens is 1. The van der Waals surface area contributed by atoms with Crippen molar-refractivity contribution in [3.8, 4) is 0 Å². The summed E-state index contributed by atoms with van der Waals surface area (Å²) in [5.74, 6) is 0. The van der Waals surface area contributed by atoms with Gasteiger partial charge >= 0.3 is 0 Å². The Balaban J connectivity index is 1.98. The van der Waals surface area contributed by atoms with Crippen LogP contribution in [0, 0.1) is 0 Å². The molecule has 0 saturated carbocycles. The van der Waals surface area contributed by atoms with Gasteiger partial charge in [-0.2, -0.15) is 0 Å². The van der Waals surface area contributed by atoms with E-state index in [4.69, 9.17) is 9.47 Å². The third kappa shape index (κ3) is 3.17. The summed E-state index contributed by atoms with van der Waals surface area (Å²) in [7, 11) is 0. The highest BCUT2D eigenvalue weighted by Crippen LogP contribution is 2.23. The van der Waals surface area contributed by atoms with E-state index in [0.29, 0.717) is 13.2 Å². The predicted molar refractivity (Wildman–Crippen MR) is 68.5 cm³/mol. The third-order valence-corrected chi connectivity index (χ3v) is 2.87. The fourth-order valence-corrected chi connectivity index (χ4v) is 1.86. The van der Waals surface area contributed by atoms with E-state index in [2.05, 4.69) is 52.3 Å². The first-order valence-corrected chi connectivity index (χ1v) is 6.58. The lowest BCUT2D eigenvalue weighted by molar-refractivity contribution is -0.0441. The first kappa shape index (κ1) is 11.8. The average Bonchev–Trinajstić information content (AvgIpc) is 2.84. The second-order valence-electron chi connectivity index (χ2n) is 3.62. The highest BCUT2D eigenvalue weighted by Gasteiger charge is 2.17. The highest BCUT2D eigenvalue weighted by molar-refractivity contribution is 9.09. The zero-order valence-corrected chi connectivity index (χ0v) is 10.7. The molecule has 16 heavy (non-hydrogen) atoms. The molecule has 2 rings (SSSR count). The molecule has 86 valence electrons. The van der Waals surface area contributed by atoms with Crippen LogP contribution < -0.4 is 0 Å². The van der Waals surface area contributed by atoms with Crippen molar-refractivity contribution in [3.05, 3.63) is 41.5 Å². The summed E-state index contributed by atoms with van der Waals surface area (Å²) in [6, 6.07) is 8.30. The van der Waals surface area contributed by atoms with Crippen molar-refractivity contribution >= 4 is 22.0 Å². The molecule has 0 bridgehead atoms. The van der Waals surface area contributed by atoms with E-state index >= 15 is 0 Å². The van der Waals surface area contributed by atoms with Crippen LogP contribution in [0.3, 0.4) is 0 Å². The van der Waals surface area contributed by atoms with Gasteiger partial charge in [-0.25, -0.2) is 0 Å². The van der Waals surface area contributed by atoms with Gasteiger partial charge in [-0.1, -0.05) is 52.3 Å². The topological polar surface area (TPSA) is 18.5 Å². The van der Waals surface area contributed by atoms with Gasteiger partial charge in [0.05, 0.1) is 13.2 Å². The van der Waals surface area contributed by atoms with Gasteiger partial charge in [-0.05, 0) is 12.0 Å². The molecule has 0 aliphatic carbocycles. The minimum atomic E-state index is -0.166. The molecule has 0 atom stereocenters. The lowest BCUT2D eigenvalue weighted by atomic mass is 10.1. The van der Waals surface area contributed by atoms with Crippen LogP contribution in [0.2, 0.25) is 0 Å². The molecule has 0 radical (unpaired) electrons. The van der Waals surface area contributed by atoms with E-state index in [1.807, 2.05) is 0 Å². The second-order valence-corrected chi connectivity index (χ2v) is 4.41. The Morgan fingerprint density at radius 2 is 1.88 bits per heavy atom. The van der Waals surface area contributed by atoms with Crippen LogP contribution in [0.5, 0.6) is 0 Å². The average molecular weight is 283 g/mol. The number of hydrogen-bond acceptors (Lipinski definition) is 2. The minimum absolute atomic E-state index is 0.166. The van der Waals surface area contributed by atoms with Crippen LogP contribution in [0.1, 0.15) is 23.8 Å². The molecule has 0 amide bonds. The van der Waals surface area contributed by atoms with Crippen LogP contribution in [0.15, 0.2) is 30.3 Å². The van der Waals surface area contributed by atoms with E-state index < -0.39 is 0 Å². The van der Waals surface area contributed by atoms with Crippen molar-refractivity contribution in [1.82, 2.24) is 0 Å². The fraction of sp³-hybridized carbons (Fsp3) is 0.385. The SMILES string of the molecule is BrCCC=Cc1ccc(C2OCCO2)cc1. The lowest BCUT2D eigenvalue weighted by Gasteiger charge is -2.08. The number of ether oxygens (including phenoxy) is 2. The summed E-state index contributed by atoms with van der Waals surface area (Å²) >= 11 is 3.39. The molecular weight excluding hydrogens is 268 g/mol. The standard InChI is InChI=1S/C13H15BrO2/c14-8-2-1-3-11-4-6-12(7-5-11)13-15-9-10-16-13/h1,3-7,13H,2,8-10H2. The molecule has 1 fully saturated rings. The van der Waals surface area contributed by atoms with Gasteiger partial charge in [0.1, 0.15) is 0 Å². The Labute approximate surface area is 104 Å². The van der Waals surface area contributed by atoms with Crippen LogP contribution in [-0.2, 0) is 9.47 Å². The van der Waals surface area contributed by atoms with Crippen molar-refractivity contribution in [1.29, 1.82) is 0 Å². The van der Waals surface area contributed by atoms with Gasteiger partial charge < -0.3 is 9.47 Å². The zero-order chi connectivity index (χ0) is 11.2. The Morgan fingerprint density at radius 3 is 2.50 bits per heavy atom. The molecular formula is C13H15BrO2. The van der Waals surface area contributed by atoms with E-state index in [0.717, 1.165) is 17.3 Å². The van der Waals surface area contributed by atoms with E-state index in [1.165, 1.54) is 5.56 Å². The molecule has 0 unspecified atom stereocenters. The maximum absolute atomic E-state index is 5.43. The van der Waals surface area contributed by atoms with Crippen LogP contribution in [-0.4, -0.2) is 18.5 Å². The maximum atomic E-state index is 5.43. The largest absolute Gasteiger partial charge is 0.346 e. The summed E-state index contributed by atoms with van der Waals surface area (Å²) in [6.07, 6.45) is 5.17. The number of benzene rings is 1. The minimum Gasteiger partial charge on any atom is -0.346 e. The monoisotopic (exact) mass is 282 g/mol. The van der Waals surface area contributed by atoms with Crippen molar-refractivity contribution in [3.63, 3.8) is 0 Å². The lowest BCUT2D eigenvalue weighted by Crippen LogP contribution is -1.97. The number of hydrogen-bond donors (Lipinski definition) is 0. The maximum Gasteiger partial charge on any atom is 0.184 e. The van der Waals surface area contributed by atoms with Gasteiger partial charge in [-0.15, -0.1) is 0 Å². The summed E-state index contributed by atoms with van der Waals surface area (Å²) in [6.45, 7) is 1.38. The Bertz CT molecular complexity index is 339. The predicted octanol–water partition coefficient (Wildman–Crippen LogP) is 3.53. The van der Waals surface area contributed by atoms with Crippen LogP contribution in [0.25, 0.3) is 6.08 Å². The van der Waals surface area contributed by atoms with E-state index in [1.54, 1.807) is 0 Å². The Kier molecular flexibility index (Phi) is 4.57. The Hall–Kier alpha value is -0.640. The second kappa shape index (κ2) is 6.18. The molecule has 1 aliphatic rings. The summed E-state index contributed by atoms with van der Waals surface area (Å²) < 4.78 is 10.9. The van der Waals surface area contributed by atoms with Crippen molar-refractivity contribution in [2.45, 2.75) is 12.7 Å². The summed E-state index contributed by atoms with van der Waals surface area (Å²) in [4.78, 5) is 0. The quantitative estimate of drug-likeness (QED) is 0.787. The van der Waals surface area contributed by atoms with Gasteiger partial charge in [0, 0.05) is 10.9 Å². The molecule has 0 spiro atoms. The molecule has 1 saturated heterocycles. The normalized spacial score (nSPS) is 17.3. The summed E-state index contributed by atoms with van der Waals surface area (Å²) in [5, 5.41) is 1.01.